The van der Waals surface area contributed by atoms with Crippen molar-refractivity contribution in [2.75, 3.05) is 16.8 Å². The second-order valence-electron chi connectivity index (χ2n) is 6.28. The topological polar surface area (TPSA) is 75.7 Å². The molecule has 0 saturated heterocycles. The quantitative estimate of drug-likeness (QED) is 0.591. The van der Waals surface area contributed by atoms with E-state index in [1.54, 1.807) is 43.3 Å². The second kappa shape index (κ2) is 8.67. The minimum atomic E-state index is -1.01. The van der Waals surface area contributed by atoms with Crippen LogP contribution in [0.15, 0.2) is 53.4 Å². The highest BCUT2D eigenvalue weighted by molar-refractivity contribution is 8.00. The molecule has 28 heavy (non-hydrogen) atoms. The first-order valence-electron chi connectivity index (χ1n) is 8.68. The fourth-order valence-electron chi connectivity index (χ4n) is 2.74. The molecular weight excluding hydrogens is 400 g/mol. The van der Waals surface area contributed by atoms with Gasteiger partial charge in [0.1, 0.15) is 11.8 Å². The summed E-state index contributed by atoms with van der Waals surface area (Å²) < 4.78 is 5.36. The number of ether oxygens (including phenoxy) is 1. The van der Waals surface area contributed by atoms with Crippen LogP contribution in [0.1, 0.15) is 13.8 Å². The number of esters is 1. The van der Waals surface area contributed by atoms with Gasteiger partial charge in [0, 0.05) is 9.92 Å². The molecule has 3 rings (SSSR count). The van der Waals surface area contributed by atoms with E-state index in [4.69, 9.17) is 16.3 Å². The van der Waals surface area contributed by atoms with E-state index in [9.17, 15) is 14.4 Å². The van der Waals surface area contributed by atoms with Gasteiger partial charge in [-0.2, -0.15) is 0 Å². The van der Waals surface area contributed by atoms with Crippen molar-refractivity contribution in [3.8, 4) is 0 Å². The zero-order valence-electron chi connectivity index (χ0n) is 15.3. The molecular formula is C20H19ClN2O4S. The molecule has 146 valence electrons. The average molecular weight is 419 g/mol. The lowest BCUT2D eigenvalue weighted by Gasteiger charge is -2.31. The number of fused-ring (bicyclic) bond motifs is 1. The van der Waals surface area contributed by atoms with E-state index in [0.717, 1.165) is 4.90 Å². The summed E-state index contributed by atoms with van der Waals surface area (Å²) in [6, 6.07) is 14.1. The largest absolute Gasteiger partial charge is 0.452 e. The van der Waals surface area contributed by atoms with Crippen molar-refractivity contribution in [3.63, 3.8) is 0 Å². The molecule has 0 radical (unpaired) electrons. The maximum atomic E-state index is 12.8. The van der Waals surface area contributed by atoms with Crippen molar-refractivity contribution in [1.82, 2.24) is 0 Å². The lowest BCUT2D eigenvalue weighted by molar-refractivity contribution is -0.153. The molecule has 0 aromatic heterocycles. The number of nitrogens with one attached hydrogen (secondary N) is 1. The van der Waals surface area contributed by atoms with E-state index in [-0.39, 0.29) is 12.5 Å². The average Bonchev–Trinajstić information content (AvgIpc) is 2.68. The van der Waals surface area contributed by atoms with Crippen LogP contribution >= 0.6 is 23.4 Å². The van der Waals surface area contributed by atoms with Crippen molar-refractivity contribution in [1.29, 1.82) is 0 Å². The summed E-state index contributed by atoms with van der Waals surface area (Å²) in [6.07, 6.45) is -1.01. The third-order valence-corrected chi connectivity index (χ3v) is 5.48. The van der Waals surface area contributed by atoms with E-state index >= 15 is 0 Å². The first kappa shape index (κ1) is 20.2. The second-order valence-corrected chi connectivity index (χ2v) is 8.13. The Kier molecular flexibility index (Phi) is 6.26. The Morgan fingerprint density at radius 3 is 2.54 bits per heavy atom. The number of halogens is 1. The first-order chi connectivity index (χ1) is 13.3. The summed E-state index contributed by atoms with van der Waals surface area (Å²) in [5.74, 6) is -1.24. The molecule has 2 atom stereocenters. The summed E-state index contributed by atoms with van der Waals surface area (Å²) in [7, 11) is 0. The maximum absolute atomic E-state index is 12.8. The molecule has 0 spiro atoms. The number of carbonyl (C=O) groups is 3. The minimum Gasteiger partial charge on any atom is -0.452 e. The SMILES string of the molecule is C[C@H](OC(=O)[C@H](C)Sc1ccc(Cl)cc1)C(=O)N1CC(=O)Nc2ccccc21. The molecule has 0 bridgehead atoms. The van der Waals surface area contributed by atoms with Gasteiger partial charge in [-0.25, -0.2) is 0 Å². The molecule has 2 aromatic rings. The zero-order valence-corrected chi connectivity index (χ0v) is 16.9. The Hall–Kier alpha value is -2.51. The molecule has 1 N–H and O–H groups in total. The molecule has 0 unspecified atom stereocenters. The van der Waals surface area contributed by atoms with Crippen molar-refractivity contribution < 1.29 is 19.1 Å². The van der Waals surface area contributed by atoms with E-state index < -0.39 is 23.2 Å². The number of carbonyl (C=O) groups excluding carboxylic acids is 3. The highest BCUT2D eigenvalue weighted by Crippen LogP contribution is 2.30. The number of hydrogen-bond donors (Lipinski definition) is 1. The standard InChI is InChI=1S/C20H19ClN2O4S/c1-12(27-20(26)13(2)28-15-9-7-14(21)8-10-15)19(25)23-11-18(24)22-16-5-3-4-6-17(16)23/h3-10,12-13H,11H2,1-2H3,(H,22,24)/t12-,13-/m0/s1. The first-order valence-corrected chi connectivity index (χ1v) is 9.94. The van der Waals surface area contributed by atoms with E-state index in [1.807, 2.05) is 12.1 Å². The fraction of sp³-hybridized carbons (Fsp3) is 0.250. The molecule has 1 heterocycles. The van der Waals surface area contributed by atoms with E-state index in [0.29, 0.717) is 16.4 Å². The summed E-state index contributed by atoms with van der Waals surface area (Å²) in [4.78, 5) is 39.3. The third-order valence-electron chi connectivity index (χ3n) is 4.14. The Labute approximate surface area is 172 Å². The highest BCUT2D eigenvalue weighted by Gasteiger charge is 2.32. The monoisotopic (exact) mass is 418 g/mol. The number of nitrogens with zero attached hydrogens (tertiary/aromatic N) is 1. The number of benzene rings is 2. The van der Waals surface area contributed by atoms with Gasteiger partial charge in [-0.3, -0.25) is 19.3 Å². The number of thioether (sulfide) groups is 1. The summed E-state index contributed by atoms with van der Waals surface area (Å²) in [5.41, 5.74) is 1.14. The van der Waals surface area contributed by atoms with Gasteiger partial charge < -0.3 is 10.1 Å². The van der Waals surface area contributed by atoms with Gasteiger partial charge >= 0.3 is 5.97 Å². The molecule has 0 aliphatic carbocycles. The predicted molar refractivity (Wildman–Crippen MR) is 110 cm³/mol. The Morgan fingerprint density at radius 1 is 1.14 bits per heavy atom. The number of anilines is 2. The lowest BCUT2D eigenvalue weighted by atomic mass is 10.1. The van der Waals surface area contributed by atoms with E-state index in [1.165, 1.54) is 23.6 Å². The fourth-order valence-corrected chi connectivity index (χ4v) is 3.71. The molecule has 6 nitrogen and oxygen atoms in total. The van der Waals surface area contributed by atoms with Crippen LogP contribution in [-0.2, 0) is 19.1 Å². The number of para-hydroxylation sites is 2. The minimum absolute atomic E-state index is 0.118. The van der Waals surface area contributed by atoms with Crippen LogP contribution in [0.2, 0.25) is 5.02 Å². The molecule has 2 amide bonds. The van der Waals surface area contributed by atoms with Crippen LogP contribution < -0.4 is 10.2 Å². The van der Waals surface area contributed by atoms with Crippen LogP contribution in [0.3, 0.4) is 0 Å². The van der Waals surface area contributed by atoms with Gasteiger partial charge in [-0.15, -0.1) is 11.8 Å². The van der Waals surface area contributed by atoms with Crippen molar-refractivity contribution in [2.45, 2.75) is 30.1 Å². The van der Waals surface area contributed by atoms with Gasteiger partial charge in [0.2, 0.25) is 5.91 Å². The van der Waals surface area contributed by atoms with Crippen molar-refractivity contribution in [3.05, 3.63) is 53.6 Å². The highest BCUT2D eigenvalue weighted by atomic mass is 35.5. The predicted octanol–water partition coefficient (Wildman–Crippen LogP) is 3.74. The molecule has 0 saturated carbocycles. The smallest absolute Gasteiger partial charge is 0.319 e. The molecule has 8 heteroatoms. The van der Waals surface area contributed by atoms with Gasteiger partial charge in [-0.1, -0.05) is 23.7 Å². The van der Waals surface area contributed by atoms with Gasteiger partial charge in [0.05, 0.1) is 11.4 Å². The lowest BCUT2D eigenvalue weighted by Crippen LogP contribution is -2.47. The van der Waals surface area contributed by atoms with Crippen LogP contribution in [0.25, 0.3) is 0 Å². The van der Waals surface area contributed by atoms with Crippen molar-refractivity contribution >= 4 is 52.5 Å². The number of hydrogen-bond acceptors (Lipinski definition) is 5. The summed E-state index contributed by atoms with van der Waals surface area (Å²) in [5, 5.41) is 2.83. The molecule has 1 aliphatic rings. The molecule has 2 aromatic carbocycles. The van der Waals surface area contributed by atoms with Crippen LogP contribution in [0.4, 0.5) is 11.4 Å². The van der Waals surface area contributed by atoms with Gasteiger partial charge in [-0.05, 0) is 50.2 Å². The Bertz CT molecular complexity index is 903. The Morgan fingerprint density at radius 2 is 1.82 bits per heavy atom. The number of amides is 2. The van der Waals surface area contributed by atoms with E-state index in [2.05, 4.69) is 5.32 Å². The molecule has 1 aliphatic heterocycles. The van der Waals surface area contributed by atoms with Crippen LogP contribution in [0.5, 0.6) is 0 Å². The van der Waals surface area contributed by atoms with Gasteiger partial charge in [0.15, 0.2) is 6.10 Å². The summed E-state index contributed by atoms with van der Waals surface area (Å²) >= 11 is 7.18. The van der Waals surface area contributed by atoms with Crippen molar-refractivity contribution in [2.24, 2.45) is 0 Å². The molecule has 0 fully saturated rings. The summed E-state index contributed by atoms with van der Waals surface area (Å²) in [6.45, 7) is 3.10. The zero-order chi connectivity index (χ0) is 20.3. The van der Waals surface area contributed by atoms with Crippen LogP contribution in [-0.4, -0.2) is 35.7 Å². The number of rotatable bonds is 5. The third kappa shape index (κ3) is 4.66. The van der Waals surface area contributed by atoms with Gasteiger partial charge in [0.25, 0.3) is 5.91 Å². The Balaban J connectivity index is 1.64. The normalized spacial score (nSPS) is 15.2. The van der Waals surface area contributed by atoms with Crippen LogP contribution in [0, 0.1) is 0 Å². The maximum Gasteiger partial charge on any atom is 0.319 e.